The van der Waals surface area contributed by atoms with Gasteiger partial charge in [-0.2, -0.15) is 0 Å². The fourth-order valence-corrected chi connectivity index (χ4v) is 2.31. The largest absolute Gasteiger partial charge is 0.393 e. The van der Waals surface area contributed by atoms with Crippen molar-refractivity contribution in [1.82, 2.24) is 14.9 Å². The monoisotopic (exact) mass is 313 g/mol. The molecule has 0 radical (unpaired) electrons. The highest BCUT2D eigenvalue weighted by Gasteiger charge is 2.15. The summed E-state index contributed by atoms with van der Waals surface area (Å²) in [5.41, 5.74) is 1.71. The van der Waals surface area contributed by atoms with E-state index < -0.39 is 0 Å². The van der Waals surface area contributed by atoms with E-state index in [0.717, 1.165) is 11.4 Å². The third-order valence-corrected chi connectivity index (χ3v) is 3.52. The first-order chi connectivity index (χ1) is 11.1. The standard InChI is InChI=1S/C18H23N3O2/c1-15(22)7-6-10-18(23)21(13-16-8-2-4-11-19-16)14-17-9-3-5-12-20-17/h2-5,8-9,11-12,15,22H,6-7,10,13-14H2,1H3. The van der Waals surface area contributed by atoms with Gasteiger partial charge in [0.1, 0.15) is 0 Å². The number of nitrogens with zero attached hydrogens (tertiary/aromatic N) is 3. The van der Waals surface area contributed by atoms with Crippen molar-refractivity contribution in [2.75, 3.05) is 0 Å². The highest BCUT2D eigenvalue weighted by Crippen LogP contribution is 2.11. The molecule has 122 valence electrons. The maximum absolute atomic E-state index is 12.5. The molecular formula is C18H23N3O2. The van der Waals surface area contributed by atoms with Gasteiger partial charge in [0, 0.05) is 18.8 Å². The maximum Gasteiger partial charge on any atom is 0.223 e. The Morgan fingerprint density at radius 2 is 1.65 bits per heavy atom. The molecule has 5 heteroatoms. The molecule has 1 amide bonds. The van der Waals surface area contributed by atoms with Crippen LogP contribution in [0, 0.1) is 0 Å². The zero-order valence-corrected chi connectivity index (χ0v) is 13.4. The minimum Gasteiger partial charge on any atom is -0.393 e. The van der Waals surface area contributed by atoms with Gasteiger partial charge in [0.25, 0.3) is 0 Å². The van der Waals surface area contributed by atoms with Crippen molar-refractivity contribution in [2.45, 2.75) is 45.4 Å². The zero-order chi connectivity index (χ0) is 16.5. The quantitative estimate of drug-likeness (QED) is 0.813. The van der Waals surface area contributed by atoms with Crippen molar-refractivity contribution in [3.05, 3.63) is 60.2 Å². The Kier molecular flexibility index (Phi) is 6.69. The first-order valence-corrected chi connectivity index (χ1v) is 7.91. The maximum atomic E-state index is 12.5. The van der Waals surface area contributed by atoms with E-state index in [-0.39, 0.29) is 12.0 Å². The fourth-order valence-electron chi connectivity index (χ4n) is 2.31. The van der Waals surface area contributed by atoms with E-state index in [2.05, 4.69) is 9.97 Å². The van der Waals surface area contributed by atoms with Gasteiger partial charge in [0.05, 0.1) is 30.6 Å². The van der Waals surface area contributed by atoms with Crippen LogP contribution in [-0.2, 0) is 17.9 Å². The van der Waals surface area contributed by atoms with Gasteiger partial charge in [-0.1, -0.05) is 12.1 Å². The third kappa shape index (κ3) is 6.16. The number of carbonyl (C=O) groups is 1. The molecule has 0 aromatic carbocycles. The Bertz CT molecular complexity index is 546. The first kappa shape index (κ1) is 17.1. The lowest BCUT2D eigenvalue weighted by Gasteiger charge is -2.22. The molecule has 0 fully saturated rings. The van der Waals surface area contributed by atoms with E-state index in [4.69, 9.17) is 0 Å². The summed E-state index contributed by atoms with van der Waals surface area (Å²) in [6.45, 7) is 2.67. The van der Waals surface area contributed by atoms with Crippen LogP contribution in [0.25, 0.3) is 0 Å². The van der Waals surface area contributed by atoms with E-state index in [9.17, 15) is 9.90 Å². The molecule has 1 N–H and O–H groups in total. The van der Waals surface area contributed by atoms with E-state index in [1.54, 1.807) is 24.2 Å². The highest BCUT2D eigenvalue weighted by atomic mass is 16.3. The molecule has 0 aliphatic heterocycles. The molecule has 5 nitrogen and oxygen atoms in total. The molecule has 2 aromatic rings. The molecule has 1 unspecified atom stereocenters. The van der Waals surface area contributed by atoms with Gasteiger partial charge in [0.15, 0.2) is 0 Å². The normalized spacial score (nSPS) is 11.9. The number of hydrogen-bond acceptors (Lipinski definition) is 4. The van der Waals surface area contributed by atoms with E-state index in [0.29, 0.717) is 32.4 Å². The van der Waals surface area contributed by atoms with E-state index >= 15 is 0 Å². The van der Waals surface area contributed by atoms with Gasteiger partial charge in [-0.05, 0) is 44.0 Å². The smallest absolute Gasteiger partial charge is 0.223 e. The van der Waals surface area contributed by atoms with Crippen LogP contribution in [0.5, 0.6) is 0 Å². The Balaban J connectivity index is 2.02. The van der Waals surface area contributed by atoms with E-state index in [1.807, 2.05) is 36.4 Å². The van der Waals surface area contributed by atoms with Crippen LogP contribution in [0.15, 0.2) is 48.8 Å². The molecule has 1 atom stereocenters. The molecule has 2 aromatic heterocycles. The lowest BCUT2D eigenvalue weighted by Crippen LogP contribution is -2.30. The second-order valence-electron chi connectivity index (χ2n) is 5.63. The fraction of sp³-hybridized carbons (Fsp3) is 0.389. The summed E-state index contributed by atoms with van der Waals surface area (Å²) in [5.74, 6) is 0.0574. The Morgan fingerprint density at radius 3 is 2.09 bits per heavy atom. The second-order valence-corrected chi connectivity index (χ2v) is 5.63. The van der Waals surface area contributed by atoms with Crippen LogP contribution in [0.1, 0.15) is 37.6 Å². The molecule has 2 rings (SSSR count). The first-order valence-electron chi connectivity index (χ1n) is 7.91. The summed E-state index contributed by atoms with van der Waals surface area (Å²) in [4.78, 5) is 22.9. The van der Waals surface area contributed by atoms with Gasteiger partial charge < -0.3 is 10.0 Å². The molecule has 23 heavy (non-hydrogen) atoms. The molecule has 0 saturated heterocycles. The Morgan fingerprint density at radius 1 is 1.09 bits per heavy atom. The Hall–Kier alpha value is -2.27. The summed E-state index contributed by atoms with van der Waals surface area (Å²) in [5, 5.41) is 9.33. The van der Waals surface area contributed by atoms with Gasteiger partial charge in [0.2, 0.25) is 5.91 Å². The van der Waals surface area contributed by atoms with Crippen molar-refractivity contribution < 1.29 is 9.90 Å². The number of pyridine rings is 2. The Labute approximate surface area is 137 Å². The van der Waals surface area contributed by atoms with Crippen LogP contribution < -0.4 is 0 Å². The van der Waals surface area contributed by atoms with Gasteiger partial charge in [-0.25, -0.2) is 0 Å². The summed E-state index contributed by atoms with van der Waals surface area (Å²) in [6.07, 6.45) is 4.82. The summed E-state index contributed by atoms with van der Waals surface area (Å²) < 4.78 is 0. The predicted octanol–water partition coefficient (Wildman–Crippen LogP) is 2.56. The zero-order valence-electron chi connectivity index (χ0n) is 13.4. The average molecular weight is 313 g/mol. The molecule has 0 aliphatic carbocycles. The number of hydrogen-bond donors (Lipinski definition) is 1. The van der Waals surface area contributed by atoms with Crippen LogP contribution in [0.4, 0.5) is 0 Å². The average Bonchev–Trinajstić information content (AvgIpc) is 2.56. The third-order valence-electron chi connectivity index (χ3n) is 3.52. The predicted molar refractivity (Wildman–Crippen MR) is 88.3 cm³/mol. The van der Waals surface area contributed by atoms with Crippen molar-refractivity contribution in [2.24, 2.45) is 0 Å². The van der Waals surface area contributed by atoms with E-state index in [1.165, 1.54) is 0 Å². The number of rotatable bonds is 8. The number of carbonyl (C=O) groups excluding carboxylic acids is 1. The SMILES string of the molecule is CC(O)CCCC(=O)N(Cc1ccccn1)Cc1ccccn1. The highest BCUT2D eigenvalue weighted by molar-refractivity contribution is 5.76. The van der Waals surface area contributed by atoms with Gasteiger partial charge in [-0.3, -0.25) is 14.8 Å². The van der Waals surface area contributed by atoms with Crippen LogP contribution in [0.3, 0.4) is 0 Å². The molecular weight excluding hydrogens is 290 g/mol. The molecule has 0 bridgehead atoms. The summed E-state index contributed by atoms with van der Waals surface area (Å²) in [7, 11) is 0. The van der Waals surface area contributed by atoms with Crippen molar-refractivity contribution in [3.8, 4) is 0 Å². The molecule has 0 saturated carbocycles. The minimum absolute atomic E-state index is 0.0574. The topological polar surface area (TPSA) is 66.3 Å². The number of aliphatic hydroxyl groups is 1. The minimum atomic E-state index is -0.372. The van der Waals surface area contributed by atoms with Crippen molar-refractivity contribution >= 4 is 5.91 Å². The van der Waals surface area contributed by atoms with Crippen molar-refractivity contribution in [1.29, 1.82) is 0 Å². The summed E-state index contributed by atoms with van der Waals surface area (Å²) in [6, 6.07) is 11.4. The number of amides is 1. The van der Waals surface area contributed by atoms with Gasteiger partial charge in [-0.15, -0.1) is 0 Å². The summed E-state index contributed by atoms with van der Waals surface area (Å²) >= 11 is 0. The number of aliphatic hydroxyl groups excluding tert-OH is 1. The van der Waals surface area contributed by atoms with Crippen molar-refractivity contribution in [3.63, 3.8) is 0 Å². The van der Waals surface area contributed by atoms with Crippen LogP contribution in [-0.4, -0.2) is 32.0 Å². The van der Waals surface area contributed by atoms with Crippen LogP contribution >= 0.6 is 0 Å². The lowest BCUT2D eigenvalue weighted by molar-refractivity contribution is -0.132. The van der Waals surface area contributed by atoms with Gasteiger partial charge >= 0.3 is 0 Å². The lowest BCUT2D eigenvalue weighted by atomic mass is 10.1. The molecule has 0 spiro atoms. The molecule has 2 heterocycles. The van der Waals surface area contributed by atoms with Crippen LogP contribution in [0.2, 0.25) is 0 Å². The second kappa shape index (κ2) is 9.00. The number of aromatic nitrogens is 2. The molecule has 0 aliphatic rings.